The number of benzene rings is 2. The number of morpholine rings is 1. The molecule has 0 aliphatic carbocycles. The number of ether oxygens (including phenoxy) is 1. The zero-order chi connectivity index (χ0) is 18.1. The molecule has 0 amide bonds. The normalized spacial score (nSPS) is 15.3. The van der Waals surface area contributed by atoms with Crippen molar-refractivity contribution < 1.29 is 13.2 Å². The Morgan fingerprint density at radius 3 is 2.35 bits per heavy atom. The van der Waals surface area contributed by atoms with Crippen LogP contribution in [-0.4, -0.2) is 50.9 Å². The molecule has 1 saturated heterocycles. The summed E-state index contributed by atoms with van der Waals surface area (Å²) in [4.78, 5) is 11.8. The van der Waals surface area contributed by atoms with E-state index in [9.17, 15) is 8.42 Å². The molecule has 1 aromatic heterocycles. The van der Waals surface area contributed by atoms with Crippen LogP contribution < -0.4 is 4.90 Å². The fraction of sp³-hybridized carbons (Fsp3) is 0.263. The van der Waals surface area contributed by atoms with Gasteiger partial charge in [0.2, 0.25) is 0 Å². The Hall–Kier alpha value is -2.51. The van der Waals surface area contributed by atoms with E-state index in [2.05, 4.69) is 9.88 Å². The predicted octanol–water partition coefficient (Wildman–Crippen LogP) is 2.54. The van der Waals surface area contributed by atoms with E-state index < -0.39 is 9.84 Å². The molecule has 0 atom stereocenters. The lowest BCUT2D eigenvalue weighted by Crippen LogP contribution is -2.36. The van der Waals surface area contributed by atoms with Crippen LogP contribution in [0, 0.1) is 0 Å². The van der Waals surface area contributed by atoms with E-state index in [0.29, 0.717) is 18.1 Å². The first-order valence-corrected chi connectivity index (χ1v) is 10.3. The number of fused-ring (bicyclic) bond motifs is 1. The van der Waals surface area contributed by atoms with Gasteiger partial charge >= 0.3 is 0 Å². The predicted molar refractivity (Wildman–Crippen MR) is 101 cm³/mol. The van der Waals surface area contributed by atoms with Crippen molar-refractivity contribution in [3.05, 3.63) is 48.7 Å². The average molecular weight is 369 g/mol. The number of hydrogen-bond acceptors (Lipinski definition) is 6. The Kier molecular flexibility index (Phi) is 4.34. The summed E-state index contributed by atoms with van der Waals surface area (Å²) in [5, 5.41) is 0. The number of anilines is 1. The van der Waals surface area contributed by atoms with E-state index in [-0.39, 0.29) is 0 Å². The third kappa shape index (κ3) is 3.40. The van der Waals surface area contributed by atoms with Gasteiger partial charge in [0.25, 0.3) is 0 Å². The smallest absolute Gasteiger partial charge is 0.175 e. The van der Waals surface area contributed by atoms with Crippen molar-refractivity contribution >= 4 is 26.7 Å². The van der Waals surface area contributed by atoms with E-state index in [1.165, 1.54) is 6.26 Å². The maximum absolute atomic E-state index is 11.6. The largest absolute Gasteiger partial charge is 0.378 e. The van der Waals surface area contributed by atoms with E-state index in [0.717, 1.165) is 41.1 Å². The summed E-state index contributed by atoms with van der Waals surface area (Å²) < 4.78 is 28.6. The Balaban J connectivity index is 1.69. The number of rotatable bonds is 3. The highest BCUT2D eigenvalue weighted by Gasteiger charge is 2.14. The van der Waals surface area contributed by atoms with Gasteiger partial charge in [0, 0.05) is 19.3 Å². The molecule has 0 N–H and O–H groups in total. The van der Waals surface area contributed by atoms with Crippen molar-refractivity contribution in [2.45, 2.75) is 4.90 Å². The Labute approximate surface area is 152 Å². The molecule has 2 aromatic carbocycles. The highest BCUT2D eigenvalue weighted by Crippen LogP contribution is 2.25. The van der Waals surface area contributed by atoms with Crippen molar-refractivity contribution in [3.8, 4) is 11.1 Å². The van der Waals surface area contributed by atoms with Crippen LogP contribution in [0.1, 0.15) is 0 Å². The summed E-state index contributed by atoms with van der Waals surface area (Å²) in [5.74, 6) is 0.852. The Morgan fingerprint density at radius 1 is 0.962 bits per heavy atom. The third-order valence-corrected chi connectivity index (χ3v) is 5.61. The minimum Gasteiger partial charge on any atom is -0.378 e. The monoisotopic (exact) mass is 369 g/mol. The van der Waals surface area contributed by atoms with Crippen LogP contribution in [0.3, 0.4) is 0 Å². The van der Waals surface area contributed by atoms with Gasteiger partial charge in [0.15, 0.2) is 9.84 Å². The molecule has 4 rings (SSSR count). The molecule has 1 fully saturated rings. The van der Waals surface area contributed by atoms with Gasteiger partial charge < -0.3 is 9.64 Å². The van der Waals surface area contributed by atoms with Crippen LogP contribution >= 0.6 is 0 Å². The maximum atomic E-state index is 11.6. The lowest BCUT2D eigenvalue weighted by atomic mass is 10.1. The van der Waals surface area contributed by atoms with Crippen LogP contribution in [0.5, 0.6) is 0 Å². The zero-order valence-electron chi connectivity index (χ0n) is 14.4. The fourth-order valence-corrected chi connectivity index (χ4v) is 3.65. The second kappa shape index (κ2) is 6.66. The lowest BCUT2D eigenvalue weighted by molar-refractivity contribution is 0.122. The summed E-state index contributed by atoms with van der Waals surface area (Å²) in [5.41, 5.74) is 3.57. The van der Waals surface area contributed by atoms with E-state index >= 15 is 0 Å². The molecular formula is C19H19N3O3S. The van der Waals surface area contributed by atoms with Crippen molar-refractivity contribution in [1.29, 1.82) is 0 Å². The molecule has 26 heavy (non-hydrogen) atoms. The number of sulfone groups is 1. The maximum Gasteiger partial charge on any atom is 0.175 e. The third-order valence-electron chi connectivity index (χ3n) is 4.48. The first-order chi connectivity index (χ1) is 12.5. The first-order valence-electron chi connectivity index (χ1n) is 8.41. The fourth-order valence-electron chi connectivity index (χ4n) is 3.02. The van der Waals surface area contributed by atoms with Gasteiger partial charge in [0.05, 0.1) is 35.3 Å². The summed E-state index contributed by atoms with van der Waals surface area (Å²) in [7, 11) is -3.19. The van der Waals surface area contributed by atoms with Gasteiger partial charge in [-0.25, -0.2) is 13.4 Å². The van der Waals surface area contributed by atoms with Crippen LogP contribution in [0.4, 0.5) is 5.82 Å². The molecule has 0 spiro atoms. The highest BCUT2D eigenvalue weighted by atomic mass is 32.2. The van der Waals surface area contributed by atoms with Crippen LogP contribution in [0.15, 0.2) is 53.6 Å². The number of nitrogens with zero attached hydrogens (tertiary/aromatic N) is 3. The van der Waals surface area contributed by atoms with Crippen molar-refractivity contribution in [2.24, 2.45) is 0 Å². The van der Waals surface area contributed by atoms with Gasteiger partial charge in [-0.3, -0.25) is 4.98 Å². The topological polar surface area (TPSA) is 72.4 Å². The summed E-state index contributed by atoms with van der Waals surface area (Å²) in [6.45, 7) is 3.03. The van der Waals surface area contributed by atoms with Gasteiger partial charge in [-0.2, -0.15) is 0 Å². The minimum atomic E-state index is -3.19. The van der Waals surface area contributed by atoms with Crippen LogP contribution in [0.2, 0.25) is 0 Å². The minimum absolute atomic E-state index is 0.316. The lowest BCUT2D eigenvalue weighted by Gasteiger charge is -2.27. The quantitative estimate of drug-likeness (QED) is 0.706. The molecule has 134 valence electrons. The molecular weight excluding hydrogens is 350 g/mol. The van der Waals surface area contributed by atoms with Crippen molar-refractivity contribution in [2.75, 3.05) is 37.5 Å². The van der Waals surface area contributed by atoms with Gasteiger partial charge in [-0.1, -0.05) is 18.2 Å². The van der Waals surface area contributed by atoms with E-state index in [4.69, 9.17) is 9.72 Å². The van der Waals surface area contributed by atoms with Crippen LogP contribution in [-0.2, 0) is 14.6 Å². The molecule has 0 bridgehead atoms. The molecule has 7 heteroatoms. The molecule has 3 aromatic rings. The summed E-state index contributed by atoms with van der Waals surface area (Å²) in [6, 6.07) is 12.8. The standard InChI is InChI=1S/C19H19N3O3S/c1-26(23,24)16-5-2-14(3-6-16)15-4-7-17-18(12-15)21-19(13-20-17)22-8-10-25-11-9-22/h2-7,12-13H,8-11H2,1H3. The highest BCUT2D eigenvalue weighted by molar-refractivity contribution is 7.90. The SMILES string of the molecule is CS(=O)(=O)c1ccc(-c2ccc3ncc(N4CCOCC4)nc3c2)cc1. The number of aromatic nitrogens is 2. The van der Waals surface area contributed by atoms with Gasteiger partial charge in [0.1, 0.15) is 5.82 Å². The Morgan fingerprint density at radius 2 is 1.65 bits per heavy atom. The van der Waals surface area contributed by atoms with Gasteiger partial charge in [-0.05, 0) is 35.4 Å². The zero-order valence-corrected chi connectivity index (χ0v) is 15.2. The molecule has 0 radical (unpaired) electrons. The molecule has 0 unspecified atom stereocenters. The van der Waals surface area contributed by atoms with Crippen molar-refractivity contribution in [1.82, 2.24) is 9.97 Å². The van der Waals surface area contributed by atoms with Crippen molar-refractivity contribution in [3.63, 3.8) is 0 Å². The average Bonchev–Trinajstić information content (AvgIpc) is 2.67. The molecule has 1 aliphatic heterocycles. The molecule has 0 saturated carbocycles. The second-order valence-electron chi connectivity index (χ2n) is 6.33. The second-order valence-corrected chi connectivity index (χ2v) is 8.34. The first kappa shape index (κ1) is 16.9. The van der Waals surface area contributed by atoms with Crippen LogP contribution in [0.25, 0.3) is 22.2 Å². The molecule has 6 nitrogen and oxygen atoms in total. The molecule has 2 heterocycles. The summed E-state index contributed by atoms with van der Waals surface area (Å²) in [6.07, 6.45) is 3.01. The van der Waals surface area contributed by atoms with E-state index in [1.54, 1.807) is 18.3 Å². The van der Waals surface area contributed by atoms with Gasteiger partial charge in [-0.15, -0.1) is 0 Å². The van der Waals surface area contributed by atoms with E-state index in [1.807, 2.05) is 30.3 Å². The summed E-state index contributed by atoms with van der Waals surface area (Å²) >= 11 is 0. The number of hydrogen-bond donors (Lipinski definition) is 0. The Bertz CT molecular complexity index is 1040. The molecule has 1 aliphatic rings.